The van der Waals surface area contributed by atoms with E-state index in [1.54, 1.807) is 6.92 Å². The van der Waals surface area contributed by atoms with Gasteiger partial charge in [-0.05, 0) is 55.5 Å². The van der Waals surface area contributed by atoms with Crippen molar-refractivity contribution in [2.75, 3.05) is 31.1 Å². The van der Waals surface area contributed by atoms with Crippen molar-refractivity contribution in [1.29, 1.82) is 0 Å². The van der Waals surface area contributed by atoms with Crippen LogP contribution in [0.4, 0.5) is 0 Å². The van der Waals surface area contributed by atoms with E-state index >= 15 is 0 Å². The molecule has 1 heterocycles. The van der Waals surface area contributed by atoms with Gasteiger partial charge in [-0.15, -0.1) is 0 Å². The van der Waals surface area contributed by atoms with Crippen molar-refractivity contribution in [2.24, 2.45) is 5.92 Å². The van der Waals surface area contributed by atoms with Crippen LogP contribution >= 0.6 is 11.6 Å². The van der Waals surface area contributed by atoms with E-state index in [0.717, 1.165) is 62.0 Å². The summed E-state index contributed by atoms with van der Waals surface area (Å²) in [5.74, 6) is 0.400. The average molecular weight is 497 g/mol. The summed E-state index contributed by atoms with van der Waals surface area (Å²) < 4.78 is 23.4. The van der Waals surface area contributed by atoms with Crippen LogP contribution in [0.25, 0.3) is 0 Å². The van der Waals surface area contributed by atoms with E-state index in [0.29, 0.717) is 17.5 Å². The quantitative estimate of drug-likeness (QED) is 0.519. The summed E-state index contributed by atoms with van der Waals surface area (Å²) in [6.07, 6.45) is 4.61. The lowest BCUT2D eigenvalue weighted by atomic mass is 9.97. The fraction of sp³-hybridized carbons (Fsp3) is 0.680. The van der Waals surface area contributed by atoms with Gasteiger partial charge in [0.25, 0.3) is 0 Å². The molecule has 1 saturated carbocycles. The predicted molar refractivity (Wildman–Crippen MR) is 132 cm³/mol. The number of benzene rings is 1. The van der Waals surface area contributed by atoms with Crippen LogP contribution in [-0.2, 0) is 32.4 Å². The number of amides is 1. The monoisotopic (exact) mass is 496 g/mol. The van der Waals surface area contributed by atoms with Crippen molar-refractivity contribution in [3.8, 4) is 0 Å². The van der Waals surface area contributed by atoms with Gasteiger partial charge in [0.15, 0.2) is 0 Å². The Morgan fingerprint density at radius 3 is 2.42 bits per heavy atom. The van der Waals surface area contributed by atoms with Gasteiger partial charge in [0.05, 0.1) is 5.75 Å². The lowest BCUT2D eigenvalue weighted by Gasteiger charge is -2.41. The number of nitrogens with zero attached hydrogens (tertiary/aromatic N) is 2. The van der Waals surface area contributed by atoms with Crippen LogP contribution in [0.5, 0.6) is 0 Å². The van der Waals surface area contributed by atoms with Crippen LogP contribution in [0.15, 0.2) is 12.1 Å². The fourth-order valence-electron chi connectivity index (χ4n) is 5.01. The molecule has 1 aliphatic carbocycles. The number of carbonyl (C=O) groups excluding carboxylic acids is 2. The zero-order valence-electron chi connectivity index (χ0n) is 20.1. The minimum absolute atomic E-state index is 0.0337. The molecule has 2 fully saturated rings. The molecule has 33 heavy (non-hydrogen) atoms. The number of ketones is 1. The lowest BCUT2D eigenvalue weighted by Crippen LogP contribution is -2.54. The highest BCUT2D eigenvalue weighted by Crippen LogP contribution is 2.29. The minimum Gasteiger partial charge on any atom is -0.337 e. The number of carbonyl (C=O) groups is 2. The Kier molecular flexibility index (Phi) is 8.98. The molecule has 0 radical (unpaired) electrons. The molecule has 184 valence electrons. The molecule has 1 aliphatic heterocycles. The molecule has 1 amide bonds. The first-order valence-electron chi connectivity index (χ1n) is 12.1. The number of piperazine rings is 1. The van der Waals surface area contributed by atoms with Gasteiger partial charge in [-0.1, -0.05) is 31.4 Å². The first kappa shape index (κ1) is 26.2. The molecule has 1 atom stereocenters. The van der Waals surface area contributed by atoms with E-state index in [1.807, 2.05) is 19.1 Å². The number of rotatable bonds is 9. The lowest BCUT2D eigenvalue weighted by molar-refractivity contribution is -0.140. The third-order valence-corrected chi connectivity index (χ3v) is 9.12. The second kappa shape index (κ2) is 11.3. The molecular formula is C25H37ClN2O4S. The second-order valence-electron chi connectivity index (χ2n) is 9.65. The van der Waals surface area contributed by atoms with E-state index in [-0.39, 0.29) is 42.1 Å². The average Bonchev–Trinajstić information content (AvgIpc) is 3.30. The summed E-state index contributed by atoms with van der Waals surface area (Å²) >= 11 is 6.38. The number of sulfone groups is 1. The van der Waals surface area contributed by atoms with Crippen molar-refractivity contribution in [3.63, 3.8) is 0 Å². The highest BCUT2D eigenvalue weighted by atomic mass is 35.5. The van der Waals surface area contributed by atoms with Crippen molar-refractivity contribution < 1.29 is 18.0 Å². The normalized spacial score (nSPS) is 20.4. The van der Waals surface area contributed by atoms with E-state index in [1.165, 1.54) is 0 Å². The molecular weight excluding hydrogens is 460 g/mol. The zero-order chi connectivity index (χ0) is 24.2. The second-order valence-corrected chi connectivity index (χ2v) is 12.6. The van der Waals surface area contributed by atoms with Gasteiger partial charge in [-0.2, -0.15) is 0 Å². The predicted octanol–water partition coefficient (Wildman–Crippen LogP) is 3.81. The van der Waals surface area contributed by atoms with Gasteiger partial charge in [0, 0.05) is 61.8 Å². The topological polar surface area (TPSA) is 74.8 Å². The highest BCUT2D eigenvalue weighted by molar-refractivity contribution is 7.91. The number of halogens is 1. The maximum Gasteiger partial charge on any atom is 0.226 e. The van der Waals surface area contributed by atoms with Crippen LogP contribution in [0.3, 0.4) is 0 Å². The van der Waals surface area contributed by atoms with Crippen molar-refractivity contribution in [2.45, 2.75) is 71.9 Å². The van der Waals surface area contributed by atoms with Gasteiger partial charge in [0.2, 0.25) is 5.91 Å². The van der Waals surface area contributed by atoms with Gasteiger partial charge in [0.1, 0.15) is 15.6 Å². The molecule has 1 aromatic carbocycles. The molecule has 1 saturated heterocycles. The Morgan fingerprint density at radius 2 is 1.79 bits per heavy atom. The summed E-state index contributed by atoms with van der Waals surface area (Å²) in [5, 5.41) is 0.586. The summed E-state index contributed by atoms with van der Waals surface area (Å²) in [4.78, 5) is 29.7. The highest BCUT2D eigenvalue weighted by Gasteiger charge is 2.33. The van der Waals surface area contributed by atoms with Crippen LogP contribution in [0, 0.1) is 12.8 Å². The Labute approximate surface area is 203 Å². The smallest absolute Gasteiger partial charge is 0.226 e. The molecule has 8 heteroatoms. The van der Waals surface area contributed by atoms with Crippen LogP contribution in [-0.4, -0.2) is 67.1 Å². The van der Waals surface area contributed by atoms with E-state index in [4.69, 9.17) is 11.6 Å². The number of hydrogen-bond acceptors (Lipinski definition) is 5. The number of hydrogen-bond donors (Lipinski definition) is 0. The Bertz CT molecular complexity index is 973. The molecule has 6 nitrogen and oxygen atoms in total. The maximum atomic E-state index is 12.9. The van der Waals surface area contributed by atoms with E-state index < -0.39 is 9.84 Å². The summed E-state index contributed by atoms with van der Waals surface area (Å²) in [7, 11) is -3.16. The van der Waals surface area contributed by atoms with Crippen LogP contribution < -0.4 is 0 Å². The summed E-state index contributed by atoms with van der Waals surface area (Å²) in [5.41, 5.74) is 2.97. The van der Waals surface area contributed by atoms with Crippen molar-refractivity contribution in [1.82, 2.24) is 9.80 Å². The molecule has 0 aromatic heterocycles. The minimum atomic E-state index is -3.16. The van der Waals surface area contributed by atoms with Crippen LogP contribution in [0.2, 0.25) is 5.02 Å². The molecule has 0 bridgehead atoms. The fourth-order valence-corrected chi connectivity index (χ4v) is 6.10. The molecule has 0 spiro atoms. The Balaban J connectivity index is 1.61. The van der Waals surface area contributed by atoms with E-state index in [9.17, 15) is 18.0 Å². The maximum absolute atomic E-state index is 12.9. The third kappa shape index (κ3) is 7.03. The van der Waals surface area contributed by atoms with E-state index in [2.05, 4.69) is 16.7 Å². The largest absolute Gasteiger partial charge is 0.337 e. The Morgan fingerprint density at radius 1 is 1.12 bits per heavy atom. The summed E-state index contributed by atoms with van der Waals surface area (Å²) in [6.45, 7) is 8.81. The molecule has 0 unspecified atom stereocenters. The van der Waals surface area contributed by atoms with Gasteiger partial charge in [-0.3, -0.25) is 14.5 Å². The SMILES string of the molecule is CCS(=O)(=O)CCC(=O)Cc1cc(Cl)cc(CN2CCN(C(=O)C3CCCC3)[C@@H](C)C2)c1C. The zero-order valence-corrected chi connectivity index (χ0v) is 21.7. The van der Waals surface area contributed by atoms with Gasteiger partial charge in [-0.25, -0.2) is 8.42 Å². The molecule has 1 aromatic rings. The molecule has 2 aliphatic rings. The first-order chi connectivity index (χ1) is 15.6. The number of Topliss-reactive ketones (excluding diaryl/α,β-unsaturated/α-hetero) is 1. The molecule has 0 N–H and O–H groups in total. The summed E-state index contributed by atoms with van der Waals surface area (Å²) in [6, 6.07) is 3.94. The third-order valence-electron chi connectivity index (χ3n) is 7.20. The van der Waals surface area contributed by atoms with Gasteiger partial charge >= 0.3 is 0 Å². The standard InChI is InChI=1S/C25H37ClN2O4S/c1-4-33(31,32)12-9-24(29)15-21-13-23(26)14-22(19(21)3)17-27-10-11-28(18(2)16-27)25(30)20-7-5-6-8-20/h13-14,18,20H,4-12,15-17H2,1-3H3/t18-/m0/s1. The van der Waals surface area contributed by atoms with Crippen molar-refractivity contribution >= 4 is 33.1 Å². The Hall–Kier alpha value is -1.44. The van der Waals surface area contributed by atoms with Crippen molar-refractivity contribution in [3.05, 3.63) is 33.8 Å². The van der Waals surface area contributed by atoms with Crippen LogP contribution in [0.1, 0.15) is 62.6 Å². The first-order valence-corrected chi connectivity index (χ1v) is 14.3. The van der Waals surface area contributed by atoms with Gasteiger partial charge < -0.3 is 4.90 Å². The molecule has 3 rings (SSSR count).